The predicted molar refractivity (Wildman–Crippen MR) is 113 cm³/mol. The van der Waals surface area contributed by atoms with Crippen LogP contribution in [0.5, 0.6) is 11.6 Å². The van der Waals surface area contributed by atoms with E-state index >= 15 is 0 Å². The summed E-state index contributed by atoms with van der Waals surface area (Å²) in [6, 6.07) is 6.41. The number of methoxy groups -OCH3 is 1. The number of alkyl halides is 2. The Balaban J connectivity index is 1.32. The fourth-order valence-electron chi connectivity index (χ4n) is 4.76. The number of rotatable bonds is 6. The van der Waals surface area contributed by atoms with E-state index < -0.39 is 41.9 Å². The Labute approximate surface area is 201 Å². The Bertz CT molecular complexity index is 1210. The maximum absolute atomic E-state index is 14.7. The Morgan fingerprint density at radius 2 is 2.09 bits per heavy atom. The molecule has 1 aromatic heterocycles. The van der Waals surface area contributed by atoms with Crippen LogP contribution >= 0.6 is 0 Å². The zero-order valence-corrected chi connectivity index (χ0v) is 18.7. The number of pyridine rings is 1. The van der Waals surface area contributed by atoms with Crippen LogP contribution in [0.3, 0.4) is 0 Å². The molecule has 3 heterocycles. The minimum Gasteiger partial charge on any atom is -0.488 e. The number of carbonyl (C=O) groups is 1. The standard InChI is InChI=1S/C24H24F4N2O5/c1-32-21-18(33-12-14-9-23(27,28)10-14)6-5-17(29-21)22(31)30-8-7-24(19(11-30)34-13-35-24)15-3-2-4-16(25)20(15)26/h2-6,14,19H,7-13H2,1H3/t19?,24-/m1/s1/i13D2. The number of piperidine rings is 1. The van der Waals surface area contributed by atoms with E-state index in [1.807, 2.05) is 0 Å². The first-order chi connectivity index (χ1) is 17.4. The molecule has 1 unspecified atom stereocenters. The first-order valence-corrected chi connectivity index (χ1v) is 11.1. The van der Waals surface area contributed by atoms with Crippen molar-refractivity contribution in [1.82, 2.24) is 9.88 Å². The predicted octanol–water partition coefficient (Wildman–Crippen LogP) is 3.91. The number of nitrogens with zero attached hydrogens (tertiary/aromatic N) is 2. The normalized spacial score (nSPS) is 27.9. The fraction of sp³-hybridized carbons (Fsp3) is 0.500. The quantitative estimate of drug-likeness (QED) is 0.563. The molecule has 2 atom stereocenters. The summed E-state index contributed by atoms with van der Waals surface area (Å²) in [5.41, 5.74) is -1.82. The SMILES string of the molecule is [2H]C1([2H])OC2CN(C(=O)c3ccc(OCC4CC(F)(F)C4)c(OC)n3)CC[C@]2(c2cccc(F)c2F)O1. The second-order valence-corrected chi connectivity index (χ2v) is 8.93. The Hall–Kier alpha value is -2.92. The van der Waals surface area contributed by atoms with E-state index in [-0.39, 0.29) is 67.8 Å². The van der Waals surface area contributed by atoms with E-state index in [0.29, 0.717) is 0 Å². The van der Waals surface area contributed by atoms with Gasteiger partial charge in [0.1, 0.15) is 24.1 Å². The highest BCUT2D eigenvalue weighted by Crippen LogP contribution is 2.44. The van der Waals surface area contributed by atoms with Gasteiger partial charge in [-0.25, -0.2) is 22.5 Å². The molecule has 0 spiro atoms. The van der Waals surface area contributed by atoms with E-state index in [0.717, 1.165) is 6.07 Å². The van der Waals surface area contributed by atoms with Crippen LogP contribution in [0.15, 0.2) is 30.3 Å². The third kappa shape index (κ3) is 4.31. The zero-order chi connectivity index (χ0) is 26.6. The molecule has 5 rings (SSSR count). The second kappa shape index (κ2) is 8.94. The molecule has 11 heteroatoms. The molecule has 3 aliphatic rings. The Morgan fingerprint density at radius 3 is 2.83 bits per heavy atom. The minimum absolute atomic E-state index is 0.00176. The van der Waals surface area contributed by atoms with Gasteiger partial charge < -0.3 is 23.8 Å². The lowest BCUT2D eigenvalue weighted by Crippen LogP contribution is -2.54. The first kappa shape index (κ1) is 21.4. The molecular formula is C24H24F4N2O5. The van der Waals surface area contributed by atoms with E-state index in [1.165, 1.54) is 36.3 Å². The second-order valence-electron chi connectivity index (χ2n) is 8.93. The van der Waals surface area contributed by atoms with Crippen molar-refractivity contribution in [3.63, 3.8) is 0 Å². The molecule has 0 bridgehead atoms. The van der Waals surface area contributed by atoms with Crippen molar-refractivity contribution in [2.75, 3.05) is 33.6 Å². The molecule has 7 nitrogen and oxygen atoms in total. The number of fused-ring (bicyclic) bond motifs is 1. The summed E-state index contributed by atoms with van der Waals surface area (Å²) in [6.07, 6.45) is -1.69. The highest BCUT2D eigenvalue weighted by Gasteiger charge is 2.53. The molecule has 3 fully saturated rings. The smallest absolute Gasteiger partial charge is 0.272 e. The van der Waals surface area contributed by atoms with Gasteiger partial charge in [-0.1, -0.05) is 12.1 Å². The molecule has 35 heavy (non-hydrogen) atoms. The van der Waals surface area contributed by atoms with Gasteiger partial charge in [0, 0.05) is 37.3 Å². The van der Waals surface area contributed by atoms with E-state index in [2.05, 4.69) is 4.98 Å². The molecule has 1 saturated carbocycles. The summed E-state index contributed by atoms with van der Waals surface area (Å²) in [5.74, 6) is -5.55. The number of ether oxygens (including phenoxy) is 4. The Kier molecular flexibility index (Phi) is 5.46. The molecule has 188 valence electrons. The lowest BCUT2D eigenvalue weighted by molar-refractivity contribution is -0.119. The number of aromatic nitrogens is 1. The molecule has 1 aromatic carbocycles. The van der Waals surface area contributed by atoms with Gasteiger partial charge in [-0.05, 0) is 18.2 Å². The third-order valence-corrected chi connectivity index (χ3v) is 6.66. The molecule has 1 aliphatic carbocycles. The molecular weight excluding hydrogens is 472 g/mol. The molecule has 2 aromatic rings. The largest absolute Gasteiger partial charge is 0.488 e. The summed E-state index contributed by atoms with van der Waals surface area (Å²) in [7, 11) is 1.33. The molecule has 0 N–H and O–H groups in total. The van der Waals surface area contributed by atoms with Crippen molar-refractivity contribution < 1.29 is 44.0 Å². The number of amides is 1. The third-order valence-electron chi connectivity index (χ3n) is 6.66. The molecule has 0 radical (unpaired) electrons. The van der Waals surface area contributed by atoms with Crippen LogP contribution in [0.1, 0.15) is 38.1 Å². The van der Waals surface area contributed by atoms with E-state index in [1.54, 1.807) is 0 Å². The van der Waals surface area contributed by atoms with E-state index in [4.69, 9.17) is 21.7 Å². The van der Waals surface area contributed by atoms with Crippen molar-refractivity contribution in [2.45, 2.75) is 36.9 Å². The van der Waals surface area contributed by atoms with Crippen LogP contribution in [-0.2, 0) is 15.1 Å². The summed E-state index contributed by atoms with van der Waals surface area (Å²) >= 11 is 0. The van der Waals surface area contributed by atoms with Crippen molar-refractivity contribution in [3.8, 4) is 11.6 Å². The number of hydrogen-bond acceptors (Lipinski definition) is 6. The van der Waals surface area contributed by atoms with Gasteiger partial charge in [0.05, 0.1) is 23.0 Å². The lowest BCUT2D eigenvalue weighted by Gasteiger charge is -2.41. The number of benzene rings is 1. The van der Waals surface area contributed by atoms with Gasteiger partial charge in [-0.3, -0.25) is 4.79 Å². The number of hydrogen-bond donors (Lipinski definition) is 0. The Morgan fingerprint density at radius 1 is 1.29 bits per heavy atom. The maximum Gasteiger partial charge on any atom is 0.272 e. The molecule has 2 aliphatic heterocycles. The van der Waals surface area contributed by atoms with Crippen molar-refractivity contribution in [1.29, 1.82) is 0 Å². The summed E-state index contributed by atoms with van der Waals surface area (Å²) < 4.78 is 92.3. The van der Waals surface area contributed by atoms with Crippen LogP contribution in [-0.4, -0.2) is 61.4 Å². The molecule has 1 amide bonds. The summed E-state index contributed by atoms with van der Waals surface area (Å²) in [5, 5.41) is 0. The minimum atomic E-state index is -2.66. The number of likely N-dealkylation sites (tertiary alicyclic amines) is 1. The average molecular weight is 498 g/mol. The number of halogens is 4. The van der Waals surface area contributed by atoms with Gasteiger partial charge in [0.15, 0.2) is 17.4 Å². The van der Waals surface area contributed by atoms with Gasteiger partial charge >= 0.3 is 0 Å². The van der Waals surface area contributed by atoms with E-state index in [9.17, 15) is 22.4 Å². The summed E-state index contributed by atoms with van der Waals surface area (Å²) in [6.45, 7) is -2.67. The van der Waals surface area contributed by atoms with Crippen LogP contribution < -0.4 is 9.47 Å². The number of carbonyl (C=O) groups excluding carboxylic acids is 1. The van der Waals surface area contributed by atoms with Gasteiger partial charge in [-0.2, -0.15) is 0 Å². The van der Waals surface area contributed by atoms with Gasteiger partial charge in [0.25, 0.3) is 11.8 Å². The topological polar surface area (TPSA) is 70.1 Å². The first-order valence-electron chi connectivity index (χ1n) is 12.1. The zero-order valence-electron chi connectivity index (χ0n) is 20.7. The van der Waals surface area contributed by atoms with Crippen LogP contribution in [0.4, 0.5) is 17.6 Å². The van der Waals surface area contributed by atoms with Crippen molar-refractivity contribution in [3.05, 3.63) is 53.2 Å². The fourth-order valence-corrected chi connectivity index (χ4v) is 4.76. The van der Waals surface area contributed by atoms with Crippen molar-refractivity contribution in [2.24, 2.45) is 5.92 Å². The van der Waals surface area contributed by atoms with Gasteiger partial charge in [-0.15, -0.1) is 0 Å². The van der Waals surface area contributed by atoms with Crippen molar-refractivity contribution >= 4 is 5.91 Å². The van der Waals surface area contributed by atoms with Crippen LogP contribution in [0, 0.1) is 17.6 Å². The lowest BCUT2D eigenvalue weighted by atomic mass is 9.81. The van der Waals surface area contributed by atoms with Crippen LogP contribution in [0.25, 0.3) is 0 Å². The maximum atomic E-state index is 14.7. The highest BCUT2D eigenvalue weighted by atomic mass is 19.3. The molecule has 2 saturated heterocycles. The average Bonchev–Trinajstić information content (AvgIpc) is 3.12. The summed E-state index contributed by atoms with van der Waals surface area (Å²) in [4.78, 5) is 18.8. The monoisotopic (exact) mass is 498 g/mol. The highest BCUT2D eigenvalue weighted by molar-refractivity contribution is 5.92. The van der Waals surface area contributed by atoms with Gasteiger partial charge in [0.2, 0.25) is 5.92 Å². The van der Waals surface area contributed by atoms with Crippen LogP contribution in [0.2, 0.25) is 0 Å².